The van der Waals surface area contributed by atoms with Crippen molar-refractivity contribution in [1.82, 2.24) is 0 Å². The molecule has 1 N–H and O–H groups in total. The van der Waals surface area contributed by atoms with Gasteiger partial charge in [0.1, 0.15) is 18.2 Å². The van der Waals surface area contributed by atoms with E-state index in [1.165, 1.54) is 41.7 Å². The van der Waals surface area contributed by atoms with Crippen molar-refractivity contribution in [1.29, 1.82) is 0 Å². The Hall–Kier alpha value is -2.97. The van der Waals surface area contributed by atoms with Crippen LogP contribution in [-0.2, 0) is 6.61 Å². The van der Waals surface area contributed by atoms with E-state index in [0.29, 0.717) is 10.6 Å². The Kier molecular flexibility index (Phi) is 5.68. The Bertz CT molecular complexity index is 1010. The van der Waals surface area contributed by atoms with Gasteiger partial charge in [0.2, 0.25) is 0 Å². The summed E-state index contributed by atoms with van der Waals surface area (Å²) in [7, 11) is 0. The highest BCUT2D eigenvalue weighted by Crippen LogP contribution is 2.28. The number of nitrogens with one attached hydrogen (secondary N) is 1. The molecular weight excluding hydrogens is 395 g/mol. The van der Waals surface area contributed by atoms with Crippen molar-refractivity contribution < 1.29 is 18.8 Å². The van der Waals surface area contributed by atoms with Gasteiger partial charge in [0, 0.05) is 23.8 Å². The molecule has 0 radical (unpaired) electrons. The van der Waals surface area contributed by atoms with E-state index in [9.17, 15) is 19.3 Å². The van der Waals surface area contributed by atoms with E-state index in [0.717, 1.165) is 5.56 Å². The van der Waals surface area contributed by atoms with Crippen LogP contribution in [-0.4, -0.2) is 10.8 Å². The fraction of sp³-hybridized carbons (Fsp3) is 0.0556. The Balaban J connectivity index is 1.66. The predicted octanol–water partition coefficient (Wildman–Crippen LogP) is 5.28. The SMILES string of the molecule is O=C(Nc1cc([N+](=O)[O-])ccc1Cl)c1cc(COc2cccc(F)c2)cs1. The van der Waals surface area contributed by atoms with Crippen molar-refractivity contribution in [2.24, 2.45) is 0 Å². The molecule has 6 nitrogen and oxygen atoms in total. The molecule has 0 unspecified atom stereocenters. The number of ether oxygens (including phenoxy) is 1. The quantitative estimate of drug-likeness (QED) is 0.446. The molecule has 3 rings (SSSR count). The van der Waals surface area contributed by atoms with E-state index in [2.05, 4.69) is 5.32 Å². The molecule has 0 saturated heterocycles. The summed E-state index contributed by atoms with van der Waals surface area (Å²) in [5, 5.41) is 15.3. The fourth-order valence-electron chi connectivity index (χ4n) is 2.20. The number of halogens is 2. The number of benzene rings is 2. The minimum absolute atomic E-state index is 0.154. The summed E-state index contributed by atoms with van der Waals surface area (Å²) in [6.07, 6.45) is 0. The van der Waals surface area contributed by atoms with Gasteiger partial charge >= 0.3 is 0 Å². The van der Waals surface area contributed by atoms with Gasteiger partial charge in [-0.15, -0.1) is 11.3 Å². The molecule has 1 heterocycles. The van der Waals surface area contributed by atoms with Crippen LogP contribution in [0.15, 0.2) is 53.9 Å². The first-order valence-corrected chi connectivity index (χ1v) is 8.89. The zero-order valence-electron chi connectivity index (χ0n) is 13.6. The third-order valence-corrected chi connectivity index (χ3v) is 4.80. The Morgan fingerprint density at radius 1 is 1.26 bits per heavy atom. The van der Waals surface area contributed by atoms with Crippen molar-refractivity contribution in [2.45, 2.75) is 6.61 Å². The first-order valence-electron chi connectivity index (χ1n) is 7.63. The van der Waals surface area contributed by atoms with Gasteiger partial charge in [0.15, 0.2) is 0 Å². The highest BCUT2D eigenvalue weighted by atomic mass is 35.5. The standard InChI is InChI=1S/C18H12ClFN2O4S/c19-15-5-4-13(22(24)25)8-16(15)21-18(23)17-6-11(10-27-17)9-26-14-3-1-2-12(20)7-14/h1-8,10H,9H2,(H,21,23). The van der Waals surface area contributed by atoms with E-state index in [1.807, 2.05) is 0 Å². The molecule has 0 bridgehead atoms. The van der Waals surface area contributed by atoms with Crippen LogP contribution in [0, 0.1) is 15.9 Å². The van der Waals surface area contributed by atoms with Crippen molar-refractivity contribution in [2.75, 3.05) is 5.32 Å². The Morgan fingerprint density at radius 3 is 2.81 bits per heavy atom. The largest absolute Gasteiger partial charge is 0.489 e. The van der Waals surface area contributed by atoms with Crippen LogP contribution in [0.4, 0.5) is 15.8 Å². The van der Waals surface area contributed by atoms with Crippen molar-refractivity contribution in [3.05, 3.63) is 85.3 Å². The smallest absolute Gasteiger partial charge is 0.271 e. The second kappa shape index (κ2) is 8.15. The molecule has 0 aliphatic rings. The second-order valence-electron chi connectivity index (χ2n) is 5.44. The van der Waals surface area contributed by atoms with Gasteiger partial charge in [-0.2, -0.15) is 0 Å². The van der Waals surface area contributed by atoms with E-state index in [4.69, 9.17) is 16.3 Å². The minimum Gasteiger partial charge on any atom is -0.489 e. The second-order valence-corrected chi connectivity index (χ2v) is 6.76. The summed E-state index contributed by atoms with van der Waals surface area (Å²) in [4.78, 5) is 23.0. The van der Waals surface area contributed by atoms with Crippen LogP contribution in [0.25, 0.3) is 0 Å². The monoisotopic (exact) mass is 406 g/mol. The first kappa shape index (κ1) is 18.8. The van der Waals surface area contributed by atoms with E-state index < -0.39 is 16.6 Å². The molecule has 0 aliphatic carbocycles. The third-order valence-electron chi connectivity index (χ3n) is 3.49. The molecule has 138 valence electrons. The average Bonchev–Trinajstić information content (AvgIpc) is 3.11. The van der Waals surface area contributed by atoms with E-state index in [-0.39, 0.29) is 23.0 Å². The van der Waals surface area contributed by atoms with Crippen LogP contribution >= 0.6 is 22.9 Å². The van der Waals surface area contributed by atoms with Gasteiger partial charge in [-0.05, 0) is 29.6 Å². The topological polar surface area (TPSA) is 81.5 Å². The summed E-state index contributed by atoms with van der Waals surface area (Å²) in [6, 6.07) is 11.2. The summed E-state index contributed by atoms with van der Waals surface area (Å²) in [6.45, 7) is 0.171. The number of hydrogen-bond acceptors (Lipinski definition) is 5. The number of nitro benzene ring substituents is 1. The molecule has 27 heavy (non-hydrogen) atoms. The summed E-state index contributed by atoms with van der Waals surface area (Å²) in [5.41, 5.74) is 0.714. The molecule has 1 amide bonds. The molecule has 1 aromatic heterocycles. The van der Waals surface area contributed by atoms with Crippen molar-refractivity contribution in [3.8, 4) is 5.75 Å². The van der Waals surface area contributed by atoms with Crippen LogP contribution in [0.3, 0.4) is 0 Å². The fourth-order valence-corrected chi connectivity index (χ4v) is 3.16. The molecule has 9 heteroatoms. The average molecular weight is 407 g/mol. The van der Waals surface area contributed by atoms with Gasteiger partial charge in [0.05, 0.1) is 20.5 Å². The first-order chi connectivity index (χ1) is 12.9. The number of nitro groups is 1. The van der Waals surface area contributed by atoms with Gasteiger partial charge in [0.25, 0.3) is 11.6 Å². The van der Waals surface area contributed by atoms with Gasteiger partial charge in [-0.25, -0.2) is 4.39 Å². The lowest BCUT2D eigenvalue weighted by Gasteiger charge is -2.06. The number of carbonyl (C=O) groups is 1. The van der Waals surface area contributed by atoms with Gasteiger partial charge in [-0.3, -0.25) is 14.9 Å². The van der Waals surface area contributed by atoms with Crippen LogP contribution in [0.2, 0.25) is 5.02 Å². The Morgan fingerprint density at radius 2 is 2.07 bits per heavy atom. The van der Waals surface area contributed by atoms with Crippen molar-refractivity contribution >= 4 is 40.2 Å². The lowest BCUT2D eigenvalue weighted by Crippen LogP contribution is -2.10. The normalized spacial score (nSPS) is 10.4. The maximum Gasteiger partial charge on any atom is 0.271 e. The predicted molar refractivity (Wildman–Crippen MR) is 101 cm³/mol. The number of amides is 1. The van der Waals surface area contributed by atoms with Crippen LogP contribution in [0.1, 0.15) is 15.2 Å². The summed E-state index contributed by atoms with van der Waals surface area (Å²) < 4.78 is 18.6. The van der Waals surface area contributed by atoms with Gasteiger partial charge < -0.3 is 10.1 Å². The molecule has 0 aliphatic heterocycles. The number of hydrogen-bond donors (Lipinski definition) is 1. The zero-order chi connectivity index (χ0) is 19.4. The lowest BCUT2D eigenvalue weighted by molar-refractivity contribution is -0.384. The summed E-state index contributed by atoms with van der Waals surface area (Å²) in [5.74, 6) is -0.457. The van der Waals surface area contributed by atoms with E-state index >= 15 is 0 Å². The highest BCUT2D eigenvalue weighted by molar-refractivity contribution is 7.12. The number of anilines is 1. The molecule has 0 saturated carbocycles. The van der Waals surface area contributed by atoms with Crippen LogP contribution in [0.5, 0.6) is 5.75 Å². The lowest BCUT2D eigenvalue weighted by atomic mass is 10.2. The maximum atomic E-state index is 13.1. The molecule has 0 fully saturated rings. The Labute approximate surface area is 162 Å². The number of nitrogens with zero attached hydrogens (tertiary/aromatic N) is 1. The summed E-state index contributed by atoms with van der Waals surface area (Å²) >= 11 is 7.17. The van der Waals surface area contributed by atoms with Crippen molar-refractivity contribution in [3.63, 3.8) is 0 Å². The third kappa shape index (κ3) is 4.81. The minimum atomic E-state index is -0.570. The van der Waals surface area contributed by atoms with E-state index in [1.54, 1.807) is 23.6 Å². The number of thiophene rings is 1. The molecular formula is C18H12ClFN2O4S. The van der Waals surface area contributed by atoms with Gasteiger partial charge in [-0.1, -0.05) is 17.7 Å². The molecule has 3 aromatic rings. The molecule has 0 atom stereocenters. The number of rotatable bonds is 6. The number of carbonyl (C=O) groups excluding carboxylic acids is 1. The molecule has 2 aromatic carbocycles. The zero-order valence-corrected chi connectivity index (χ0v) is 15.2. The van der Waals surface area contributed by atoms with Crippen LogP contribution < -0.4 is 10.1 Å². The maximum absolute atomic E-state index is 13.1. The number of non-ortho nitro benzene ring substituents is 1. The molecule has 0 spiro atoms. The highest BCUT2D eigenvalue weighted by Gasteiger charge is 2.15.